The highest BCUT2D eigenvalue weighted by Gasteiger charge is 2.31. The van der Waals surface area contributed by atoms with Gasteiger partial charge in [-0.3, -0.25) is 4.79 Å². The zero-order valence-corrected chi connectivity index (χ0v) is 16.7. The fourth-order valence-corrected chi connectivity index (χ4v) is 2.99. The number of amidine groups is 1. The average molecular weight is 416 g/mol. The summed E-state index contributed by atoms with van der Waals surface area (Å²) in [6.07, 6.45) is 2.69. The first-order valence-corrected chi connectivity index (χ1v) is 8.88. The molecule has 0 bridgehead atoms. The Morgan fingerprint density at radius 3 is 2.65 bits per heavy atom. The molecule has 5 N–H and O–H groups in total. The lowest BCUT2D eigenvalue weighted by Gasteiger charge is -2.27. The zero-order valence-electron chi connectivity index (χ0n) is 16.7. The van der Waals surface area contributed by atoms with Crippen molar-refractivity contribution < 1.29 is 18.7 Å². The number of nitrogen functional groups attached to an aromatic ring is 1. The predicted octanol–water partition coefficient (Wildman–Crippen LogP) is 0.410. The molecule has 1 atom stereocenters. The third-order valence-electron chi connectivity index (χ3n) is 4.14. The lowest BCUT2D eigenvalue weighted by molar-refractivity contribution is 0.102. The Balaban J connectivity index is 1.87. The number of anilines is 2. The van der Waals surface area contributed by atoms with Gasteiger partial charge in [-0.1, -0.05) is 0 Å². The second kappa shape index (κ2) is 7.97. The van der Waals surface area contributed by atoms with E-state index in [0.29, 0.717) is 5.76 Å². The molecule has 1 aromatic carbocycles. The number of allylic oxidation sites excluding steroid dienone is 1. The fourth-order valence-electron chi connectivity index (χ4n) is 2.99. The SMILES string of the molecule is [B]C([B])([B])Oc1cnc(C(=O)Nc2ccc(F)c([C@]3(C)C=C(C)OC(N)=N3)c2)c(N)n1. The van der Waals surface area contributed by atoms with E-state index in [4.69, 9.17) is 44.5 Å². The molecule has 0 unspecified atom stereocenters. The third-order valence-corrected chi connectivity index (χ3v) is 4.14. The quantitative estimate of drug-likeness (QED) is 0.601. The molecule has 0 aliphatic carbocycles. The molecule has 2 aromatic rings. The molecular formula is C18H16B3FN6O3. The van der Waals surface area contributed by atoms with Crippen LogP contribution < -0.4 is 21.5 Å². The van der Waals surface area contributed by atoms with Crippen LogP contribution in [-0.4, -0.2) is 50.7 Å². The van der Waals surface area contributed by atoms with Crippen LogP contribution in [0.1, 0.15) is 29.9 Å². The topological polar surface area (TPSA) is 138 Å². The van der Waals surface area contributed by atoms with Gasteiger partial charge >= 0.3 is 0 Å². The number of nitrogens with one attached hydrogen (secondary N) is 1. The van der Waals surface area contributed by atoms with Crippen LogP contribution in [0.2, 0.25) is 0 Å². The molecule has 0 saturated carbocycles. The Labute approximate surface area is 181 Å². The number of nitrogens with zero attached hydrogens (tertiary/aromatic N) is 3. The van der Waals surface area contributed by atoms with Crippen molar-refractivity contribution in [1.29, 1.82) is 0 Å². The molecule has 0 spiro atoms. The molecule has 3 rings (SSSR count). The van der Waals surface area contributed by atoms with Crippen LogP contribution in [-0.2, 0) is 10.3 Å². The van der Waals surface area contributed by atoms with Gasteiger partial charge in [0.1, 0.15) is 40.7 Å². The summed E-state index contributed by atoms with van der Waals surface area (Å²) in [4.78, 5) is 24.5. The number of carbonyl (C=O) groups is 1. The number of hydrogen-bond donors (Lipinski definition) is 3. The number of amides is 1. The average Bonchev–Trinajstić information content (AvgIpc) is 2.60. The van der Waals surface area contributed by atoms with Gasteiger partial charge in [-0.05, 0) is 43.4 Å². The Hall–Kier alpha value is -3.50. The molecule has 31 heavy (non-hydrogen) atoms. The molecule has 1 aliphatic rings. The molecule has 9 nitrogen and oxygen atoms in total. The highest BCUT2D eigenvalue weighted by Crippen LogP contribution is 2.34. The maximum Gasteiger partial charge on any atom is 0.288 e. The van der Waals surface area contributed by atoms with Crippen LogP contribution in [0, 0.1) is 5.82 Å². The van der Waals surface area contributed by atoms with Crippen molar-refractivity contribution in [3.05, 3.63) is 53.3 Å². The summed E-state index contributed by atoms with van der Waals surface area (Å²) in [5, 5.41) is 0.587. The first kappa shape index (κ1) is 22.2. The van der Waals surface area contributed by atoms with Crippen molar-refractivity contribution in [3.8, 4) is 5.88 Å². The number of ether oxygens (including phenoxy) is 2. The van der Waals surface area contributed by atoms with Crippen molar-refractivity contribution in [2.75, 3.05) is 11.1 Å². The standard InChI is InChI=1S/C18H16B3FN6O3/c1-8-6-17(2,28-16(24)30-8)10-5-9(3-4-11(10)22)26-15(29)13-14(23)27-12(7-25-13)31-18(19,20)21/h3-7H,1-2H3,(H2,23,27)(H2,24,28)(H,26,29)/t17-/m0/s1. The summed E-state index contributed by atoms with van der Waals surface area (Å²) < 4.78 is 24.7. The number of carbonyl (C=O) groups excluding carboxylic acids is 1. The Morgan fingerprint density at radius 1 is 1.32 bits per heavy atom. The van der Waals surface area contributed by atoms with Crippen LogP contribution in [0.4, 0.5) is 15.9 Å². The molecule has 1 aromatic heterocycles. The highest BCUT2D eigenvalue weighted by molar-refractivity contribution is 6.58. The molecule has 1 aliphatic heterocycles. The minimum Gasteiger partial charge on any atom is -0.500 e. The number of aromatic nitrogens is 2. The molecule has 0 saturated heterocycles. The highest BCUT2D eigenvalue weighted by atomic mass is 19.1. The summed E-state index contributed by atoms with van der Waals surface area (Å²) in [6.45, 7) is 3.33. The van der Waals surface area contributed by atoms with Crippen LogP contribution in [0.5, 0.6) is 5.88 Å². The lowest BCUT2D eigenvalue weighted by Crippen LogP contribution is -2.38. The van der Waals surface area contributed by atoms with Gasteiger partial charge in [-0.25, -0.2) is 14.4 Å². The fraction of sp³-hybridized carbons (Fsp3) is 0.222. The summed E-state index contributed by atoms with van der Waals surface area (Å²) in [5.74, 6) is -1.20. The van der Waals surface area contributed by atoms with E-state index in [0.717, 1.165) is 6.20 Å². The number of aliphatic imine (C=N–C) groups is 1. The van der Waals surface area contributed by atoms with E-state index in [1.54, 1.807) is 19.9 Å². The number of rotatable bonds is 5. The van der Waals surface area contributed by atoms with Gasteiger partial charge in [0.25, 0.3) is 11.9 Å². The smallest absolute Gasteiger partial charge is 0.288 e. The van der Waals surface area contributed by atoms with Gasteiger partial charge in [0.05, 0.1) is 6.20 Å². The molecular weight excluding hydrogens is 400 g/mol. The lowest BCUT2D eigenvalue weighted by atomic mass is 9.52. The van der Waals surface area contributed by atoms with E-state index in [2.05, 4.69) is 20.3 Å². The largest absolute Gasteiger partial charge is 0.500 e. The second-order valence-electron chi connectivity index (χ2n) is 7.00. The van der Waals surface area contributed by atoms with Crippen molar-refractivity contribution in [2.24, 2.45) is 10.7 Å². The summed E-state index contributed by atoms with van der Waals surface area (Å²) in [6, 6.07) is 3.88. The Bertz CT molecular complexity index is 1090. The number of benzene rings is 1. The zero-order chi connectivity index (χ0) is 23.0. The number of halogens is 1. The van der Waals surface area contributed by atoms with Gasteiger partial charge in [-0.2, -0.15) is 4.98 Å². The van der Waals surface area contributed by atoms with Gasteiger partial charge in [0.2, 0.25) is 5.88 Å². The molecule has 0 fully saturated rings. The van der Waals surface area contributed by atoms with Gasteiger partial charge in [0, 0.05) is 11.3 Å². The van der Waals surface area contributed by atoms with Crippen molar-refractivity contribution >= 4 is 47.0 Å². The third kappa shape index (κ3) is 5.17. The van der Waals surface area contributed by atoms with E-state index >= 15 is 0 Å². The van der Waals surface area contributed by atoms with E-state index in [1.165, 1.54) is 18.2 Å². The normalized spacial score (nSPS) is 18.4. The molecule has 2 heterocycles. The first-order chi connectivity index (χ1) is 14.4. The van der Waals surface area contributed by atoms with Crippen LogP contribution >= 0.6 is 0 Å². The van der Waals surface area contributed by atoms with E-state index in [1.807, 2.05) is 0 Å². The van der Waals surface area contributed by atoms with E-state index in [9.17, 15) is 9.18 Å². The first-order valence-electron chi connectivity index (χ1n) is 8.88. The van der Waals surface area contributed by atoms with Gasteiger partial charge in [0.15, 0.2) is 11.5 Å². The van der Waals surface area contributed by atoms with Crippen molar-refractivity contribution in [3.63, 3.8) is 0 Å². The maximum absolute atomic E-state index is 14.6. The summed E-state index contributed by atoms with van der Waals surface area (Å²) >= 11 is 0. The number of nitrogens with two attached hydrogens (primary N) is 2. The summed E-state index contributed by atoms with van der Waals surface area (Å²) in [7, 11) is 16.0. The summed E-state index contributed by atoms with van der Waals surface area (Å²) in [5.41, 5.74) is 10.5. The van der Waals surface area contributed by atoms with E-state index < -0.39 is 22.6 Å². The van der Waals surface area contributed by atoms with Crippen molar-refractivity contribution in [1.82, 2.24) is 9.97 Å². The Morgan fingerprint density at radius 2 is 2.03 bits per heavy atom. The van der Waals surface area contributed by atoms with Gasteiger partial charge < -0.3 is 26.3 Å². The monoisotopic (exact) mass is 416 g/mol. The minimum absolute atomic E-state index is 0.0989. The van der Waals surface area contributed by atoms with Crippen molar-refractivity contribution in [2.45, 2.75) is 24.7 Å². The minimum atomic E-state index is -1.99. The second-order valence-corrected chi connectivity index (χ2v) is 7.00. The molecule has 13 heteroatoms. The number of hydrogen-bond acceptors (Lipinski definition) is 8. The van der Waals surface area contributed by atoms with Crippen LogP contribution in [0.25, 0.3) is 0 Å². The maximum atomic E-state index is 14.6. The van der Waals surface area contributed by atoms with E-state index in [-0.39, 0.29) is 34.7 Å². The van der Waals surface area contributed by atoms with Crippen LogP contribution in [0.15, 0.2) is 41.2 Å². The van der Waals surface area contributed by atoms with Gasteiger partial charge in [-0.15, -0.1) is 0 Å². The molecule has 1 amide bonds. The predicted molar refractivity (Wildman–Crippen MR) is 115 cm³/mol. The van der Waals surface area contributed by atoms with Crippen LogP contribution in [0.3, 0.4) is 0 Å². The molecule has 152 valence electrons. The molecule has 6 radical (unpaired) electrons. The Kier molecular flexibility index (Phi) is 5.71.